The van der Waals surface area contributed by atoms with Gasteiger partial charge in [0.1, 0.15) is 29.8 Å². The summed E-state index contributed by atoms with van der Waals surface area (Å²) < 4.78 is 5.27. The molecular formula is C28H25NO3P+. The molecule has 4 aromatic carbocycles. The Morgan fingerprint density at radius 2 is 1.00 bits per heavy atom. The van der Waals surface area contributed by atoms with Crippen molar-refractivity contribution in [2.75, 3.05) is 6.16 Å². The number of benzene rings is 4. The zero-order valence-electron chi connectivity index (χ0n) is 18.1. The molecule has 0 aliphatic heterocycles. The van der Waals surface area contributed by atoms with Crippen molar-refractivity contribution in [2.24, 2.45) is 0 Å². The van der Waals surface area contributed by atoms with E-state index in [1.807, 2.05) is 84.9 Å². The second-order valence-electron chi connectivity index (χ2n) is 7.58. The van der Waals surface area contributed by atoms with Crippen LogP contribution in [0, 0.1) is 0 Å². The molecule has 33 heavy (non-hydrogen) atoms. The molecule has 4 rings (SSSR count). The zero-order chi connectivity index (χ0) is 22.9. The molecule has 0 aromatic heterocycles. The van der Waals surface area contributed by atoms with E-state index in [9.17, 15) is 9.59 Å². The summed E-state index contributed by atoms with van der Waals surface area (Å²) >= 11 is 0. The Balaban J connectivity index is 1.64. The molecule has 0 unspecified atom stereocenters. The van der Waals surface area contributed by atoms with E-state index in [-0.39, 0.29) is 18.7 Å². The van der Waals surface area contributed by atoms with Crippen molar-refractivity contribution in [1.29, 1.82) is 0 Å². The van der Waals surface area contributed by atoms with E-state index in [1.54, 1.807) is 0 Å². The standard InChI is InChI=1S/C28H24NO3P/c30-27(29-28(31)32-21-23-13-5-1-6-14-23)22-33(24-15-7-2-8-16-24,25-17-9-3-10-18-25)26-19-11-4-12-20-26/h1-20H,21-22H2/p+1. The fourth-order valence-corrected chi connectivity index (χ4v) is 7.89. The average molecular weight is 454 g/mol. The van der Waals surface area contributed by atoms with E-state index in [4.69, 9.17) is 4.74 Å². The van der Waals surface area contributed by atoms with Crippen LogP contribution >= 0.6 is 7.26 Å². The first-order chi connectivity index (χ1) is 16.2. The lowest BCUT2D eigenvalue weighted by Gasteiger charge is -2.26. The normalized spacial score (nSPS) is 10.9. The molecular weight excluding hydrogens is 429 g/mol. The Kier molecular flexibility index (Phi) is 7.29. The van der Waals surface area contributed by atoms with Gasteiger partial charge in [0.2, 0.25) is 0 Å². The number of carbonyl (C=O) groups is 2. The maximum Gasteiger partial charge on any atom is 0.414 e. The van der Waals surface area contributed by atoms with Crippen molar-refractivity contribution in [2.45, 2.75) is 6.61 Å². The molecule has 5 heteroatoms. The van der Waals surface area contributed by atoms with Crippen LogP contribution in [0.2, 0.25) is 0 Å². The number of hydrogen-bond acceptors (Lipinski definition) is 3. The van der Waals surface area contributed by atoms with Gasteiger partial charge < -0.3 is 4.74 Å². The Morgan fingerprint density at radius 1 is 0.606 bits per heavy atom. The molecule has 0 heterocycles. The molecule has 0 aliphatic rings. The molecule has 0 atom stereocenters. The lowest BCUT2D eigenvalue weighted by atomic mass is 10.2. The van der Waals surface area contributed by atoms with Gasteiger partial charge in [-0.2, -0.15) is 0 Å². The van der Waals surface area contributed by atoms with Gasteiger partial charge in [-0.1, -0.05) is 84.9 Å². The summed E-state index contributed by atoms with van der Waals surface area (Å²) in [7, 11) is -2.36. The largest absolute Gasteiger partial charge is 0.444 e. The minimum absolute atomic E-state index is 0.107. The van der Waals surface area contributed by atoms with Crippen molar-refractivity contribution in [3.63, 3.8) is 0 Å². The van der Waals surface area contributed by atoms with Crippen molar-refractivity contribution >= 4 is 35.2 Å². The Bertz CT molecular complexity index is 1090. The highest BCUT2D eigenvalue weighted by Crippen LogP contribution is 2.54. The van der Waals surface area contributed by atoms with E-state index in [0.717, 1.165) is 21.5 Å². The summed E-state index contributed by atoms with van der Waals surface area (Å²) in [5.74, 6) is -0.363. The molecule has 0 saturated heterocycles. The number of hydrogen-bond donors (Lipinski definition) is 1. The Hall–Kier alpha value is -3.75. The quantitative estimate of drug-likeness (QED) is 0.420. The lowest BCUT2D eigenvalue weighted by Crippen LogP contribution is -2.41. The number of alkyl carbamates (subject to hydrolysis) is 1. The number of amides is 2. The molecule has 0 fully saturated rings. The highest BCUT2D eigenvalue weighted by atomic mass is 31.2. The van der Waals surface area contributed by atoms with Crippen LogP contribution in [-0.2, 0) is 16.1 Å². The molecule has 0 bridgehead atoms. The molecule has 2 amide bonds. The predicted octanol–water partition coefficient (Wildman–Crippen LogP) is 4.43. The summed E-state index contributed by atoms with van der Waals surface area (Å²) in [5, 5.41) is 5.68. The molecule has 4 aromatic rings. The van der Waals surface area contributed by atoms with Crippen molar-refractivity contribution in [1.82, 2.24) is 5.32 Å². The smallest absolute Gasteiger partial charge is 0.414 e. The highest BCUT2D eigenvalue weighted by molar-refractivity contribution is 7.96. The van der Waals surface area contributed by atoms with Crippen LogP contribution in [-0.4, -0.2) is 18.2 Å². The zero-order valence-corrected chi connectivity index (χ0v) is 19.0. The fourth-order valence-electron chi connectivity index (χ4n) is 3.90. The van der Waals surface area contributed by atoms with Gasteiger partial charge >= 0.3 is 6.09 Å². The monoisotopic (exact) mass is 454 g/mol. The van der Waals surface area contributed by atoms with Gasteiger partial charge in [0, 0.05) is 0 Å². The predicted molar refractivity (Wildman–Crippen MR) is 135 cm³/mol. The number of carbonyl (C=O) groups excluding carboxylic acids is 2. The summed E-state index contributed by atoms with van der Waals surface area (Å²) in [5.41, 5.74) is 0.861. The molecule has 4 nitrogen and oxygen atoms in total. The van der Waals surface area contributed by atoms with Crippen LogP contribution in [0.15, 0.2) is 121 Å². The van der Waals surface area contributed by atoms with E-state index in [1.165, 1.54) is 0 Å². The Morgan fingerprint density at radius 3 is 1.42 bits per heavy atom. The topological polar surface area (TPSA) is 55.4 Å². The molecule has 0 aliphatic carbocycles. The summed E-state index contributed by atoms with van der Waals surface area (Å²) in [6, 6.07) is 39.6. The highest BCUT2D eigenvalue weighted by Gasteiger charge is 2.47. The number of nitrogens with one attached hydrogen (secondary N) is 1. The van der Waals surface area contributed by atoms with Gasteiger partial charge in [-0.3, -0.25) is 10.1 Å². The maximum atomic E-state index is 13.2. The second kappa shape index (κ2) is 10.7. The summed E-state index contributed by atoms with van der Waals surface area (Å²) in [4.78, 5) is 25.6. The van der Waals surface area contributed by atoms with Crippen molar-refractivity contribution < 1.29 is 14.3 Å². The number of ether oxygens (including phenoxy) is 1. The summed E-state index contributed by atoms with van der Waals surface area (Å²) in [6.07, 6.45) is -0.581. The first-order valence-electron chi connectivity index (χ1n) is 10.7. The van der Waals surface area contributed by atoms with Crippen LogP contribution in [0.3, 0.4) is 0 Å². The van der Waals surface area contributed by atoms with Gasteiger partial charge in [0.05, 0.1) is 0 Å². The molecule has 164 valence electrons. The van der Waals surface area contributed by atoms with Gasteiger partial charge in [-0.05, 0) is 42.0 Å². The SMILES string of the molecule is O=C(C[P+](c1ccccc1)(c1ccccc1)c1ccccc1)NC(=O)OCc1ccccc1. The third-order valence-corrected chi connectivity index (χ3v) is 9.73. The molecule has 1 N–H and O–H groups in total. The minimum atomic E-state index is -2.36. The van der Waals surface area contributed by atoms with E-state index >= 15 is 0 Å². The molecule has 0 spiro atoms. The van der Waals surface area contributed by atoms with Gasteiger partial charge in [0.15, 0.2) is 6.16 Å². The lowest BCUT2D eigenvalue weighted by molar-refractivity contribution is -0.118. The van der Waals surface area contributed by atoms with Gasteiger partial charge in [0.25, 0.3) is 5.91 Å². The Labute approximate surface area is 194 Å². The average Bonchev–Trinajstić information content (AvgIpc) is 2.88. The van der Waals surface area contributed by atoms with E-state index < -0.39 is 13.4 Å². The third-order valence-electron chi connectivity index (χ3n) is 5.43. The second-order valence-corrected chi connectivity index (χ2v) is 11.1. The minimum Gasteiger partial charge on any atom is -0.444 e. The third kappa shape index (κ3) is 5.36. The van der Waals surface area contributed by atoms with Crippen LogP contribution < -0.4 is 21.2 Å². The van der Waals surface area contributed by atoms with Crippen LogP contribution in [0.25, 0.3) is 0 Å². The van der Waals surface area contributed by atoms with Crippen LogP contribution in [0.4, 0.5) is 4.79 Å². The summed E-state index contributed by atoms with van der Waals surface area (Å²) in [6.45, 7) is 0.107. The fraction of sp³-hybridized carbons (Fsp3) is 0.0714. The van der Waals surface area contributed by atoms with Gasteiger partial charge in [-0.15, -0.1) is 0 Å². The van der Waals surface area contributed by atoms with E-state index in [0.29, 0.717) is 0 Å². The molecule has 0 radical (unpaired) electrons. The molecule has 0 saturated carbocycles. The van der Waals surface area contributed by atoms with E-state index in [2.05, 4.69) is 41.7 Å². The van der Waals surface area contributed by atoms with Crippen molar-refractivity contribution in [3.05, 3.63) is 127 Å². The first kappa shape index (κ1) is 22.4. The van der Waals surface area contributed by atoms with Crippen LogP contribution in [0.5, 0.6) is 0 Å². The number of imide groups is 1. The van der Waals surface area contributed by atoms with Gasteiger partial charge in [-0.25, -0.2) is 4.79 Å². The first-order valence-corrected chi connectivity index (χ1v) is 12.7. The maximum absolute atomic E-state index is 13.2. The van der Waals surface area contributed by atoms with Crippen molar-refractivity contribution in [3.8, 4) is 0 Å². The van der Waals surface area contributed by atoms with Crippen LogP contribution in [0.1, 0.15) is 5.56 Å². The number of rotatable bonds is 7.